The van der Waals surface area contributed by atoms with Crippen LogP contribution in [0.4, 0.5) is 0 Å². The third kappa shape index (κ3) is 3.89. The van der Waals surface area contributed by atoms with E-state index in [-0.39, 0.29) is 17.5 Å². The predicted molar refractivity (Wildman–Crippen MR) is 94.6 cm³/mol. The first-order chi connectivity index (χ1) is 12.2. The molecular formula is C19H20N4O2. The number of carbonyl (C=O) groups excluding carboxylic acids is 1. The molecule has 0 atom stereocenters. The summed E-state index contributed by atoms with van der Waals surface area (Å²) in [6, 6.07) is 9.67. The van der Waals surface area contributed by atoms with Crippen molar-refractivity contribution in [3.05, 3.63) is 41.6 Å². The average molecular weight is 336 g/mol. The number of nitriles is 1. The highest BCUT2D eigenvalue weighted by molar-refractivity contribution is 6.02. The van der Waals surface area contributed by atoms with E-state index in [1.54, 1.807) is 19.4 Å². The van der Waals surface area contributed by atoms with Crippen molar-refractivity contribution >= 4 is 12.0 Å². The number of hydrogen-bond acceptors (Lipinski definition) is 4. The fourth-order valence-electron chi connectivity index (χ4n) is 3.03. The van der Waals surface area contributed by atoms with Gasteiger partial charge in [0.15, 0.2) is 0 Å². The van der Waals surface area contributed by atoms with Crippen LogP contribution < -0.4 is 10.1 Å². The summed E-state index contributed by atoms with van der Waals surface area (Å²) < 4.78 is 5.16. The number of nitrogens with one attached hydrogen (secondary N) is 2. The maximum Gasteiger partial charge on any atom is 0.262 e. The molecule has 0 spiro atoms. The van der Waals surface area contributed by atoms with Crippen molar-refractivity contribution in [3.8, 4) is 23.1 Å². The van der Waals surface area contributed by atoms with Gasteiger partial charge < -0.3 is 10.1 Å². The standard InChI is InChI=1S/C19H20N4O2/c1-25-17-8-6-13(7-9-17)18-15(12-21-23-18)10-14(11-20)19(24)22-16-4-2-3-5-16/h6-10,12,16H,2-5H2,1H3,(H,21,23)(H,22,24)/b14-10+. The maximum absolute atomic E-state index is 12.3. The molecule has 1 fully saturated rings. The minimum Gasteiger partial charge on any atom is -0.497 e. The van der Waals surface area contributed by atoms with E-state index in [1.165, 1.54) is 0 Å². The first-order valence-electron chi connectivity index (χ1n) is 8.31. The molecule has 0 unspecified atom stereocenters. The van der Waals surface area contributed by atoms with Crippen molar-refractivity contribution in [2.24, 2.45) is 0 Å². The van der Waals surface area contributed by atoms with Gasteiger partial charge in [0.2, 0.25) is 0 Å². The van der Waals surface area contributed by atoms with Crippen molar-refractivity contribution < 1.29 is 9.53 Å². The van der Waals surface area contributed by atoms with Crippen molar-refractivity contribution in [2.75, 3.05) is 7.11 Å². The van der Waals surface area contributed by atoms with Gasteiger partial charge in [0, 0.05) is 17.2 Å². The van der Waals surface area contributed by atoms with Gasteiger partial charge in [-0.3, -0.25) is 9.89 Å². The number of aromatic nitrogens is 2. The number of methoxy groups -OCH3 is 1. The largest absolute Gasteiger partial charge is 0.497 e. The summed E-state index contributed by atoms with van der Waals surface area (Å²) in [5, 5.41) is 19.3. The van der Waals surface area contributed by atoms with Gasteiger partial charge in [0.1, 0.15) is 17.4 Å². The van der Waals surface area contributed by atoms with Crippen molar-refractivity contribution in [3.63, 3.8) is 0 Å². The van der Waals surface area contributed by atoms with E-state index in [0.717, 1.165) is 42.7 Å². The molecule has 128 valence electrons. The summed E-state index contributed by atoms with van der Waals surface area (Å²) in [7, 11) is 1.61. The van der Waals surface area contributed by atoms with E-state index in [9.17, 15) is 10.1 Å². The van der Waals surface area contributed by atoms with E-state index in [0.29, 0.717) is 5.56 Å². The van der Waals surface area contributed by atoms with Gasteiger partial charge in [-0.1, -0.05) is 12.8 Å². The molecule has 2 N–H and O–H groups in total. The topological polar surface area (TPSA) is 90.8 Å². The number of H-pyrrole nitrogens is 1. The van der Waals surface area contributed by atoms with Crippen molar-refractivity contribution in [1.82, 2.24) is 15.5 Å². The lowest BCUT2D eigenvalue weighted by atomic mass is 10.1. The van der Waals surface area contributed by atoms with Crippen LogP contribution in [0.25, 0.3) is 17.3 Å². The Morgan fingerprint density at radius 1 is 1.36 bits per heavy atom. The van der Waals surface area contributed by atoms with Gasteiger partial charge in [-0.25, -0.2) is 0 Å². The average Bonchev–Trinajstić information content (AvgIpc) is 3.31. The van der Waals surface area contributed by atoms with Crippen LogP contribution in [0.1, 0.15) is 31.2 Å². The molecule has 1 aromatic carbocycles. The smallest absolute Gasteiger partial charge is 0.262 e. The molecule has 0 saturated heterocycles. The van der Waals surface area contributed by atoms with Gasteiger partial charge in [-0.05, 0) is 43.2 Å². The number of aromatic amines is 1. The summed E-state index contributed by atoms with van der Waals surface area (Å²) in [4.78, 5) is 12.3. The van der Waals surface area contributed by atoms with Crippen LogP contribution in [-0.2, 0) is 4.79 Å². The van der Waals surface area contributed by atoms with Crippen LogP contribution in [0.2, 0.25) is 0 Å². The van der Waals surface area contributed by atoms with Crippen LogP contribution in [0.15, 0.2) is 36.0 Å². The van der Waals surface area contributed by atoms with E-state index < -0.39 is 0 Å². The number of ether oxygens (including phenoxy) is 1. The van der Waals surface area contributed by atoms with Crippen LogP contribution in [0.3, 0.4) is 0 Å². The molecule has 3 rings (SSSR count). The zero-order valence-electron chi connectivity index (χ0n) is 14.1. The number of benzene rings is 1. The Kier molecular flexibility index (Phi) is 5.14. The molecule has 1 aromatic heterocycles. The van der Waals surface area contributed by atoms with Gasteiger partial charge in [0.25, 0.3) is 5.91 Å². The lowest BCUT2D eigenvalue weighted by molar-refractivity contribution is -0.117. The summed E-state index contributed by atoms with van der Waals surface area (Å²) in [5.41, 5.74) is 2.44. The summed E-state index contributed by atoms with van der Waals surface area (Å²) >= 11 is 0. The first-order valence-corrected chi connectivity index (χ1v) is 8.31. The monoisotopic (exact) mass is 336 g/mol. The molecule has 2 aromatic rings. The zero-order chi connectivity index (χ0) is 17.6. The van der Waals surface area contributed by atoms with Gasteiger partial charge in [0.05, 0.1) is 19.0 Å². The Balaban J connectivity index is 1.83. The number of hydrogen-bond donors (Lipinski definition) is 2. The van der Waals surface area contributed by atoms with Gasteiger partial charge in [-0.2, -0.15) is 10.4 Å². The van der Waals surface area contributed by atoms with Crippen molar-refractivity contribution in [1.29, 1.82) is 5.26 Å². The Morgan fingerprint density at radius 2 is 2.08 bits per heavy atom. The molecule has 1 aliphatic rings. The third-order valence-electron chi connectivity index (χ3n) is 4.40. The fraction of sp³-hybridized carbons (Fsp3) is 0.316. The molecule has 0 radical (unpaired) electrons. The lowest BCUT2D eigenvalue weighted by Crippen LogP contribution is -2.33. The molecular weight excluding hydrogens is 316 g/mol. The molecule has 25 heavy (non-hydrogen) atoms. The predicted octanol–water partition coefficient (Wildman–Crippen LogP) is 3.05. The Bertz CT molecular complexity index is 809. The van der Waals surface area contributed by atoms with Crippen LogP contribution in [0.5, 0.6) is 5.75 Å². The highest BCUT2D eigenvalue weighted by Gasteiger charge is 2.19. The van der Waals surface area contributed by atoms with E-state index in [1.807, 2.05) is 30.3 Å². The van der Waals surface area contributed by atoms with E-state index in [4.69, 9.17) is 4.74 Å². The lowest BCUT2D eigenvalue weighted by Gasteiger charge is -2.11. The van der Waals surface area contributed by atoms with Gasteiger partial charge >= 0.3 is 0 Å². The van der Waals surface area contributed by atoms with Gasteiger partial charge in [-0.15, -0.1) is 0 Å². The Labute approximate surface area is 146 Å². The van der Waals surface area contributed by atoms with E-state index in [2.05, 4.69) is 15.5 Å². The normalized spacial score (nSPS) is 15.0. The van der Waals surface area contributed by atoms with Crippen LogP contribution in [0, 0.1) is 11.3 Å². The summed E-state index contributed by atoms with van der Waals surface area (Å²) in [6.45, 7) is 0. The second-order valence-electron chi connectivity index (χ2n) is 6.05. The number of nitrogens with zero attached hydrogens (tertiary/aromatic N) is 2. The SMILES string of the molecule is COc1ccc(-c2[nH]ncc2/C=C(\C#N)C(=O)NC2CCCC2)cc1. The Morgan fingerprint density at radius 3 is 2.72 bits per heavy atom. The summed E-state index contributed by atoms with van der Waals surface area (Å²) in [6.07, 6.45) is 7.40. The minimum absolute atomic E-state index is 0.0862. The second-order valence-corrected chi connectivity index (χ2v) is 6.05. The van der Waals surface area contributed by atoms with Crippen LogP contribution in [-0.4, -0.2) is 29.3 Å². The third-order valence-corrected chi connectivity index (χ3v) is 4.40. The number of carbonyl (C=O) groups is 1. The first kappa shape index (κ1) is 16.8. The minimum atomic E-state index is -0.323. The fourth-order valence-corrected chi connectivity index (χ4v) is 3.03. The van der Waals surface area contributed by atoms with Crippen molar-refractivity contribution in [2.45, 2.75) is 31.7 Å². The second kappa shape index (κ2) is 7.67. The zero-order valence-corrected chi connectivity index (χ0v) is 14.1. The molecule has 1 amide bonds. The van der Waals surface area contributed by atoms with E-state index >= 15 is 0 Å². The van der Waals surface area contributed by atoms with Crippen LogP contribution >= 0.6 is 0 Å². The molecule has 0 aliphatic heterocycles. The number of rotatable bonds is 5. The highest BCUT2D eigenvalue weighted by Crippen LogP contribution is 2.25. The summed E-state index contributed by atoms with van der Waals surface area (Å²) in [5.74, 6) is 0.435. The highest BCUT2D eigenvalue weighted by atomic mass is 16.5. The molecule has 6 heteroatoms. The molecule has 1 heterocycles. The molecule has 1 aliphatic carbocycles. The maximum atomic E-state index is 12.3. The quantitative estimate of drug-likeness (QED) is 0.648. The Hall–Kier alpha value is -3.07. The molecule has 1 saturated carbocycles. The number of amides is 1. The molecule has 6 nitrogen and oxygen atoms in total. The molecule has 0 bridgehead atoms.